The minimum absolute atomic E-state index is 0.111. The predicted octanol–water partition coefficient (Wildman–Crippen LogP) is 9.44. The molecule has 5 rings (SSSR count). The Hall–Kier alpha value is -1.12. The molecule has 0 aliphatic heterocycles. The van der Waals surface area contributed by atoms with Crippen LogP contribution in [0.25, 0.3) is 0 Å². The molecule has 0 saturated heterocycles. The third kappa shape index (κ3) is 5.76. The number of ketones is 1. The Kier molecular flexibility index (Phi) is 11.5. The van der Waals surface area contributed by atoms with Crippen molar-refractivity contribution in [3.63, 3.8) is 0 Å². The minimum atomic E-state index is -0.111. The zero-order valence-electron chi connectivity index (χ0n) is 26.0. The van der Waals surface area contributed by atoms with Crippen molar-refractivity contribution in [2.75, 3.05) is 6.61 Å². The molecular weight excluding hydrogens is 456 g/mol. The van der Waals surface area contributed by atoms with E-state index in [0.717, 1.165) is 36.5 Å². The first-order valence-electron chi connectivity index (χ1n) is 15.9. The summed E-state index contributed by atoms with van der Waals surface area (Å²) in [7, 11) is 0. The van der Waals surface area contributed by atoms with E-state index in [2.05, 4.69) is 27.4 Å². The van der Waals surface area contributed by atoms with Crippen LogP contribution in [0, 0.1) is 51.8 Å². The van der Waals surface area contributed by atoms with Gasteiger partial charge in [-0.2, -0.15) is 0 Å². The molecule has 5 aliphatic carbocycles. The quantitative estimate of drug-likeness (QED) is 0.271. The van der Waals surface area contributed by atoms with Crippen LogP contribution < -0.4 is 0 Å². The summed E-state index contributed by atoms with van der Waals surface area (Å²) in [6.45, 7) is 22.9. The van der Waals surface area contributed by atoms with Gasteiger partial charge in [-0.25, -0.2) is 0 Å². The number of Topliss-reactive ketones (excluding diaryl/α,β-unsaturated/α-hetero) is 1. The number of fused-ring (bicyclic) bond motifs is 7. The molecule has 0 spiro atoms. The van der Waals surface area contributed by atoms with Gasteiger partial charge < -0.3 is 4.74 Å². The summed E-state index contributed by atoms with van der Waals surface area (Å²) in [6, 6.07) is 0. The van der Waals surface area contributed by atoms with Crippen molar-refractivity contribution in [3.05, 3.63) is 12.7 Å². The number of esters is 1. The van der Waals surface area contributed by atoms with E-state index in [1.807, 2.05) is 34.6 Å². The maximum atomic E-state index is 12.5. The van der Waals surface area contributed by atoms with Crippen LogP contribution in [0.2, 0.25) is 0 Å². The largest absolute Gasteiger partial charge is 0.465 e. The van der Waals surface area contributed by atoms with E-state index in [4.69, 9.17) is 4.74 Å². The van der Waals surface area contributed by atoms with E-state index in [9.17, 15) is 9.59 Å². The van der Waals surface area contributed by atoms with Gasteiger partial charge in [-0.3, -0.25) is 9.59 Å². The maximum absolute atomic E-state index is 12.5. The molecule has 3 heteroatoms. The second-order valence-electron chi connectivity index (χ2n) is 12.9. The van der Waals surface area contributed by atoms with Crippen molar-refractivity contribution in [2.24, 2.45) is 51.8 Å². The van der Waals surface area contributed by atoms with Crippen molar-refractivity contribution in [2.45, 2.75) is 133 Å². The number of ether oxygens (including phenoxy) is 1. The molecular formula is C34H60O3. The molecule has 5 fully saturated rings. The van der Waals surface area contributed by atoms with E-state index in [1.54, 1.807) is 13.0 Å². The fourth-order valence-corrected chi connectivity index (χ4v) is 10.3. The van der Waals surface area contributed by atoms with Gasteiger partial charge in [0.05, 0.1) is 6.61 Å². The summed E-state index contributed by atoms with van der Waals surface area (Å²) in [5.74, 6) is 4.47. The van der Waals surface area contributed by atoms with Crippen molar-refractivity contribution in [1.82, 2.24) is 0 Å². The topological polar surface area (TPSA) is 43.4 Å². The summed E-state index contributed by atoms with van der Waals surface area (Å²) in [5.41, 5.74) is 1.06. The molecule has 0 aromatic heterocycles. The van der Waals surface area contributed by atoms with Gasteiger partial charge in [-0.15, -0.1) is 6.58 Å². The highest BCUT2D eigenvalue weighted by Crippen LogP contribution is 2.71. The summed E-state index contributed by atoms with van der Waals surface area (Å²) >= 11 is 0. The number of allylic oxidation sites excluding steroid dienone is 1. The zero-order valence-corrected chi connectivity index (χ0v) is 26.0. The molecule has 5 aliphatic rings. The zero-order chi connectivity index (χ0) is 28.0. The summed E-state index contributed by atoms with van der Waals surface area (Å²) < 4.78 is 5.64. The molecule has 0 bridgehead atoms. The molecule has 0 heterocycles. The Morgan fingerprint density at radius 3 is 2.14 bits per heavy atom. The molecule has 5 saturated carbocycles. The Bertz CT molecular complexity index is 773. The predicted molar refractivity (Wildman–Crippen MR) is 156 cm³/mol. The maximum Gasteiger partial charge on any atom is 0.302 e. The Morgan fingerprint density at radius 1 is 0.919 bits per heavy atom. The van der Waals surface area contributed by atoms with Crippen molar-refractivity contribution >= 4 is 11.8 Å². The van der Waals surface area contributed by atoms with Crippen LogP contribution in [0.15, 0.2) is 12.7 Å². The average molecular weight is 517 g/mol. The van der Waals surface area contributed by atoms with Crippen LogP contribution in [0.5, 0.6) is 0 Å². The first kappa shape index (κ1) is 32.1. The van der Waals surface area contributed by atoms with Crippen LogP contribution in [-0.4, -0.2) is 18.4 Å². The van der Waals surface area contributed by atoms with Crippen molar-refractivity contribution in [3.8, 4) is 0 Å². The molecule has 0 N–H and O–H groups in total. The van der Waals surface area contributed by atoms with Crippen LogP contribution in [-0.2, 0) is 14.3 Å². The summed E-state index contributed by atoms with van der Waals surface area (Å²) in [6.07, 6.45) is 15.5. The molecule has 214 valence electrons. The molecule has 0 aromatic carbocycles. The second kappa shape index (κ2) is 13.3. The standard InChI is InChI=1S/C27H42O3.C3H6.2C2H6/c1-17-20-9-13-26(4)21-10-15-27(16-30-18(2)28)12-5-6-22(27)19(21)7-8-24(26)25(20,3)14-11-23(17)29;1-3-2;2*1-2/h17,19-22,24H,5-16H2,1-4H3;3H,1H2,2H3;2*1-2H3. The first-order valence-corrected chi connectivity index (χ1v) is 15.9. The van der Waals surface area contributed by atoms with Gasteiger partial charge >= 0.3 is 5.97 Å². The monoisotopic (exact) mass is 516 g/mol. The lowest BCUT2D eigenvalue weighted by atomic mass is 9.38. The van der Waals surface area contributed by atoms with E-state index < -0.39 is 0 Å². The number of rotatable bonds is 2. The lowest BCUT2D eigenvalue weighted by molar-refractivity contribution is -0.189. The van der Waals surface area contributed by atoms with Gasteiger partial charge in [0.15, 0.2) is 0 Å². The Labute approximate surface area is 230 Å². The van der Waals surface area contributed by atoms with Crippen LogP contribution in [0.1, 0.15) is 133 Å². The molecule has 0 aromatic rings. The third-order valence-corrected chi connectivity index (χ3v) is 11.6. The summed E-state index contributed by atoms with van der Waals surface area (Å²) in [5, 5.41) is 0. The van der Waals surface area contributed by atoms with Gasteiger partial charge in [0.25, 0.3) is 0 Å². The molecule has 0 amide bonds. The lowest BCUT2D eigenvalue weighted by Gasteiger charge is -2.67. The normalized spacial score (nSPS) is 43.3. The van der Waals surface area contributed by atoms with Gasteiger partial charge in [-0.05, 0) is 105 Å². The van der Waals surface area contributed by atoms with Gasteiger partial charge in [0.1, 0.15) is 5.78 Å². The molecule has 9 unspecified atom stereocenters. The molecule has 37 heavy (non-hydrogen) atoms. The molecule has 3 nitrogen and oxygen atoms in total. The average Bonchev–Trinajstić information content (AvgIpc) is 3.33. The number of carbonyl (C=O) groups is 2. The fraction of sp³-hybridized carbons (Fsp3) is 0.882. The minimum Gasteiger partial charge on any atom is -0.465 e. The van der Waals surface area contributed by atoms with E-state index >= 15 is 0 Å². The smallest absolute Gasteiger partial charge is 0.302 e. The van der Waals surface area contributed by atoms with Crippen LogP contribution in [0.3, 0.4) is 0 Å². The third-order valence-electron chi connectivity index (χ3n) is 11.6. The van der Waals surface area contributed by atoms with Gasteiger partial charge in [0.2, 0.25) is 0 Å². The number of carbonyl (C=O) groups excluding carboxylic acids is 2. The highest BCUT2D eigenvalue weighted by atomic mass is 16.5. The second-order valence-corrected chi connectivity index (χ2v) is 12.9. The van der Waals surface area contributed by atoms with Crippen LogP contribution in [0.4, 0.5) is 0 Å². The van der Waals surface area contributed by atoms with E-state index in [1.165, 1.54) is 57.8 Å². The van der Waals surface area contributed by atoms with E-state index in [-0.39, 0.29) is 17.3 Å². The van der Waals surface area contributed by atoms with Crippen LogP contribution >= 0.6 is 0 Å². The highest BCUT2D eigenvalue weighted by Gasteiger charge is 2.64. The molecule has 9 atom stereocenters. The lowest BCUT2D eigenvalue weighted by Crippen LogP contribution is -2.61. The Morgan fingerprint density at radius 2 is 1.51 bits per heavy atom. The number of hydrogen-bond donors (Lipinski definition) is 0. The van der Waals surface area contributed by atoms with Gasteiger partial charge in [0, 0.05) is 24.7 Å². The van der Waals surface area contributed by atoms with E-state index in [0.29, 0.717) is 29.1 Å². The van der Waals surface area contributed by atoms with Crippen molar-refractivity contribution in [1.29, 1.82) is 0 Å². The first-order chi connectivity index (χ1) is 17.6. The number of hydrogen-bond acceptors (Lipinski definition) is 3. The highest BCUT2D eigenvalue weighted by molar-refractivity contribution is 5.82. The Balaban J connectivity index is 0.000000630. The summed E-state index contributed by atoms with van der Waals surface area (Å²) in [4.78, 5) is 24.1. The fourth-order valence-electron chi connectivity index (χ4n) is 10.3. The van der Waals surface area contributed by atoms with Gasteiger partial charge in [-0.1, -0.05) is 61.0 Å². The van der Waals surface area contributed by atoms with Crippen molar-refractivity contribution < 1.29 is 14.3 Å². The SMILES string of the molecule is C=CC.CC.CC.CC(=O)OCC12CCCC1C1CCC3C4(C)CCC(=O)C(C)C4CCC3(C)C1CC2. The molecule has 0 radical (unpaired) electrons.